The first kappa shape index (κ1) is 15.4. The summed E-state index contributed by atoms with van der Waals surface area (Å²) in [5.74, 6) is 1.04. The maximum absolute atomic E-state index is 11.9. The molecule has 126 valence electrons. The van der Waals surface area contributed by atoms with Crippen molar-refractivity contribution in [2.75, 3.05) is 0 Å². The van der Waals surface area contributed by atoms with Crippen molar-refractivity contribution in [2.45, 2.75) is 24.8 Å². The van der Waals surface area contributed by atoms with E-state index in [-0.39, 0.29) is 12.1 Å². The van der Waals surface area contributed by atoms with E-state index in [1.807, 2.05) is 24.4 Å². The molecule has 5 heteroatoms. The van der Waals surface area contributed by atoms with Crippen LogP contribution in [0.3, 0.4) is 0 Å². The molecule has 4 rings (SSSR count). The lowest BCUT2D eigenvalue weighted by Gasteiger charge is -2.35. The number of hydrogen-bond acceptors (Lipinski definition) is 3. The zero-order chi connectivity index (χ0) is 17.1. The number of carbonyl (C=O) groups excluding carboxylic acids is 1. The Labute approximate surface area is 146 Å². The highest BCUT2D eigenvalue weighted by Gasteiger charge is 2.31. The van der Waals surface area contributed by atoms with Gasteiger partial charge in [-0.1, -0.05) is 42.5 Å². The van der Waals surface area contributed by atoms with Crippen molar-refractivity contribution in [3.8, 4) is 17.0 Å². The molecule has 0 saturated heterocycles. The zero-order valence-electron chi connectivity index (χ0n) is 13.7. The van der Waals surface area contributed by atoms with Crippen LogP contribution >= 0.6 is 0 Å². The summed E-state index contributed by atoms with van der Waals surface area (Å²) in [6, 6.07) is 17.8. The van der Waals surface area contributed by atoms with Gasteiger partial charge in [0.2, 0.25) is 0 Å². The Balaban J connectivity index is 1.28. The number of aromatic amines is 1. The summed E-state index contributed by atoms with van der Waals surface area (Å²) in [5.41, 5.74) is 3.45. The first-order valence-electron chi connectivity index (χ1n) is 8.40. The molecule has 1 saturated carbocycles. The van der Waals surface area contributed by atoms with Gasteiger partial charge in [0.1, 0.15) is 5.75 Å². The van der Waals surface area contributed by atoms with Crippen LogP contribution in [0.5, 0.6) is 5.75 Å². The molecule has 0 unspecified atom stereocenters. The van der Waals surface area contributed by atoms with Crippen LogP contribution < -0.4 is 10.1 Å². The lowest BCUT2D eigenvalue weighted by atomic mass is 9.76. The molecule has 1 fully saturated rings. The number of hydrogen-bond donors (Lipinski definition) is 2. The SMILES string of the molecule is O=C(NC1CC(c2ccc(-c3cnc[nH]3)cc2)C1)Oc1ccccc1. The van der Waals surface area contributed by atoms with Crippen LogP contribution in [0.2, 0.25) is 0 Å². The molecular formula is C20H19N3O2. The lowest BCUT2D eigenvalue weighted by Crippen LogP contribution is -2.44. The van der Waals surface area contributed by atoms with Crippen LogP contribution in [0.1, 0.15) is 24.3 Å². The Morgan fingerprint density at radius 1 is 1.08 bits per heavy atom. The smallest absolute Gasteiger partial charge is 0.410 e. The van der Waals surface area contributed by atoms with E-state index in [1.54, 1.807) is 18.5 Å². The third-order valence-electron chi connectivity index (χ3n) is 4.61. The Morgan fingerprint density at radius 3 is 2.52 bits per heavy atom. The van der Waals surface area contributed by atoms with E-state index >= 15 is 0 Å². The van der Waals surface area contributed by atoms with Crippen molar-refractivity contribution in [1.29, 1.82) is 0 Å². The maximum atomic E-state index is 11.9. The van der Waals surface area contributed by atoms with Crippen molar-refractivity contribution in [3.63, 3.8) is 0 Å². The van der Waals surface area contributed by atoms with Gasteiger partial charge < -0.3 is 15.0 Å². The molecule has 3 aromatic rings. The van der Waals surface area contributed by atoms with Gasteiger partial charge in [0.15, 0.2) is 0 Å². The molecule has 0 aliphatic heterocycles. The molecule has 0 spiro atoms. The quantitative estimate of drug-likeness (QED) is 0.755. The molecule has 25 heavy (non-hydrogen) atoms. The number of ether oxygens (including phenoxy) is 1. The fourth-order valence-corrected chi connectivity index (χ4v) is 3.15. The Bertz CT molecular complexity index is 823. The van der Waals surface area contributed by atoms with Crippen molar-refractivity contribution in [3.05, 3.63) is 72.7 Å². The highest BCUT2D eigenvalue weighted by molar-refractivity contribution is 5.70. The van der Waals surface area contributed by atoms with E-state index in [9.17, 15) is 4.79 Å². The number of H-pyrrole nitrogens is 1. The monoisotopic (exact) mass is 333 g/mol. The Hall–Kier alpha value is -3.08. The van der Waals surface area contributed by atoms with Crippen molar-refractivity contribution < 1.29 is 9.53 Å². The fraction of sp³-hybridized carbons (Fsp3) is 0.200. The van der Waals surface area contributed by atoms with Gasteiger partial charge in [0.25, 0.3) is 0 Å². The molecule has 2 N–H and O–H groups in total. The molecule has 0 bridgehead atoms. The highest BCUT2D eigenvalue weighted by Crippen LogP contribution is 2.37. The van der Waals surface area contributed by atoms with Gasteiger partial charge in [-0.25, -0.2) is 9.78 Å². The molecule has 2 aromatic carbocycles. The fourth-order valence-electron chi connectivity index (χ4n) is 3.15. The van der Waals surface area contributed by atoms with Gasteiger partial charge in [-0.15, -0.1) is 0 Å². The third kappa shape index (κ3) is 3.55. The number of imidazole rings is 1. The molecule has 1 aliphatic rings. The average Bonchev–Trinajstić information content (AvgIpc) is 3.13. The normalized spacial score (nSPS) is 19.0. The summed E-state index contributed by atoms with van der Waals surface area (Å²) >= 11 is 0. The van der Waals surface area contributed by atoms with Crippen LogP contribution in [0.25, 0.3) is 11.3 Å². The van der Waals surface area contributed by atoms with E-state index in [2.05, 4.69) is 39.6 Å². The van der Waals surface area contributed by atoms with E-state index in [0.29, 0.717) is 11.7 Å². The first-order chi connectivity index (χ1) is 12.3. The van der Waals surface area contributed by atoms with Gasteiger partial charge >= 0.3 is 6.09 Å². The summed E-state index contributed by atoms with van der Waals surface area (Å²) in [5, 5.41) is 2.92. The largest absolute Gasteiger partial charge is 0.412 e. The predicted molar refractivity (Wildman–Crippen MR) is 95.4 cm³/mol. The highest BCUT2D eigenvalue weighted by atomic mass is 16.6. The molecule has 0 radical (unpaired) electrons. The van der Waals surface area contributed by atoms with Crippen LogP contribution in [0.15, 0.2) is 67.1 Å². The summed E-state index contributed by atoms with van der Waals surface area (Å²) in [4.78, 5) is 19.0. The number of carbonyl (C=O) groups is 1. The first-order valence-corrected chi connectivity index (χ1v) is 8.40. The second-order valence-electron chi connectivity index (χ2n) is 6.30. The van der Waals surface area contributed by atoms with Gasteiger partial charge in [0.05, 0.1) is 18.2 Å². The number of aromatic nitrogens is 2. The number of nitrogens with one attached hydrogen (secondary N) is 2. The summed E-state index contributed by atoms with van der Waals surface area (Å²) in [6.07, 6.45) is 4.99. The van der Waals surface area contributed by atoms with Gasteiger partial charge in [0, 0.05) is 6.04 Å². The van der Waals surface area contributed by atoms with E-state index in [4.69, 9.17) is 4.74 Å². The minimum absolute atomic E-state index is 0.175. The molecular weight excluding hydrogens is 314 g/mol. The summed E-state index contributed by atoms with van der Waals surface area (Å²) in [7, 11) is 0. The van der Waals surface area contributed by atoms with Crippen molar-refractivity contribution in [1.82, 2.24) is 15.3 Å². The average molecular weight is 333 g/mol. The summed E-state index contributed by atoms with van der Waals surface area (Å²) in [6.45, 7) is 0. The predicted octanol–water partition coefficient (Wildman–Crippen LogP) is 4.11. The van der Waals surface area contributed by atoms with Crippen molar-refractivity contribution >= 4 is 6.09 Å². The lowest BCUT2D eigenvalue weighted by molar-refractivity contribution is 0.184. The second-order valence-corrected chi connectivity index (χ2v) is 6.30. The van der Waals surface area contributed by atoms with E-state index in [0.717, 1.165) is 24.1 Å². The van der Waals surface area contributed by atoms with Crippen molar-refractivity contribution in [2.24, 2.45) is 0 Å². The molecule has 1 heterocycles. The minimum Gasteiger partial charge on any atom is -0.410 e. The Morgan fingerprint density at radius 2 is 1.84 bits per heavy atom. The van der Waals surface area contributed by atoms with E-state index in [1.165, 1.54) is 5.56 Å². The molecule has 5 nitrogen and oxygen atoms in total. The molecule has 1 aromatic heterocycles. The van der Waals surface area contributed by atoms with E-state index < -0.39 is 0 Å². The van der Waals surface area contributed by atoms with Gasteiger partial charge in [-0.3, -0.25) is 0 Å². The summed E-state index contributed by atoms with van der Waals surface area (Å²) < 4.78 is 5.26. The number of amides is 1. The number of benzene rings is 2. The maximum Gasteiger partial charge on any atom is 0.412 e. The van der Waals surface area contributed by atoms with Crippen LogP contribution in [-0.2, 0) is 0 Å². The molecule has 1 amide bonds. The number of rotatable bonds is 4. The second kappa shape index (κ2) is 6.81. The minimum atomic E-state index is -0.385. The number of para-hydroxylation sites is 1. The number of nitrogens with zero attached hydrogens (tertiary/aromatic N) is 1. The molecule has 1 aliphatic carbocycles. The van der Waals surface area contributed by atoms with Gasteiger partial charge in [-0.05, 0) is 42.0 Å². The topological polar surface area (TPSA) is 67.0 Å². The Kier molecular flexibility index (Phi) is 4.21. The third-order valence-corrected chi connectivity index (χ3v) is 4.61. The molecule has 0 atom stereocenters. The zero-order valence-corrected chi connectivity index (χ0v) is 13.7. The standard InChI is InChI=1S/C20H19N3O2/c24-20(25-18-4-2-1-3-5-18)23-17-10-16(11-17)14-6-8-15(9-7-14)19-12-21-13-22-19/h1-9,12-13,16-17H,10-11H2,(H,21,22)(H,23,24). The van der Waals surface area contributed by atoms with Crippen LogP contribution in [0.4, 0.5) is 4.79 Å². The van der Waals surface area contributed by atoms with Crippen LogP contribution in [0, 0.1) is 0 Å². The van der Waals surface area contributed by atoms with Gasteiger partial charge in [-0.2, -0.15) is 0 Å². The van der Waals surface area contributed by atoms with Crippen LogP contribution in [-0.4, -0.2) is 22.1 Å².